The second-order valence-electron chi connectivity index (χ2n) is 6.56. The van der Waals surface area contributed by atoms with Gasteiger partial charge >= 0.3 is 0 Å². The van der Waals surface area contributed by atoms with E-state index in [1.165, 1.54) is 5.56 Å². The Morgan fingerprint density at radius 3 is 2.48 bits per heavy atom. The molecular weight excluding hydrogens is 300 g/mol. The predicted molar refractivity (Wildman–Crippen MR) is 93.1 cm³/mol. The van der Waals surface area contributed by atoms with E-state index in [9.17, 15) is 4.79 Å². The molecule has 0 saturated heterocycles. The lowest BCUT2D eigenvalue weighted by molar-refractivity contribution is -0.141. The summed E-state index contributed by atoms with van der Waals surface area (Å²) in [7, 11) is 0. The summed E-state index contributed by atoms with van der Waals surface area (Å²) >= 11 is 3.35. The summed E-state index contributed by atoms with van der Waals surface area (Å²) in [5.41, 5.74) is 0.852. The van der Waals surface area contributed by atoms with E-state index in [0.29, 0.717) is 0 Å². The van der Waals surface area contributed by atoms with E-state index in [1.807, 2.05) is 52.8 Å². The van der Waals surface area contributed by atoms with Crippen molar-refractivity contribution in [2.75, 3.05) is 0 Å². The molecule has 1 amide bonds. The van der Waals surface area contributed by atoms with Crippen molar-refractivity contribution >= 4 is 33.8 Å². The molecule has 0 aromatic heterocycles. The van der Waals surface area contributed by atoms with Crippen LogP contribution in [0.1, 0.15) is 40.2 Å². The normalized spacial score (nSPS) is 17.8. The number of hydrogen-bond donors (Lipinski definition) is 0. The molecular formula is C16H22N2OS2. The molecule has 114 valence electrons. The van der Waals surface area contributed by atoms with Crippen molar-refractivity contribution in [2.24, 2.45) is 10.5 Å². The third-order valence-corrected chi connectivity index (χ3v) is 5.41. The lowest BCUT2D eigenvalue weighted by Crippen LogP contribution is -2.44. The van der Waals surface area contributed by atoms with Crippen LogP contribution in [0.4, 0.5) is 0 Å². The zero-order valence-corrected chi connectivity index (χ0v) is 14.8. The van der Waals surface area contributed by atoms with Crippen molar-refractivity contribution in [3.8, 4) is 0 Å². The van der Waals surface area contributed by atoms with Crippen LogP contribution in [0.2, 0.25) is 0 Å². The Hall–Kier alpha value is -0.940. The minimum absolute atomic E-state index is 0.0651. The number of benzene rings is 1. The van der Waals surface area contributed by atoms with Crippen molar-refractivity contribution in [1.82, 2.24) is 5.01 Å². The van der Waals surface area contributed by atoms with Crippen LogP contribution in [0, 0.1) is 5.41 Å². The van der Waals surface area contributed by atoms with Crippen LogP contribution in [-0.2, 0) is 10.5 Å². The van der Waals surface area contributed by atoms with Gasteiger partial charge in [0, 0.05) is 11.2 Å². The third-order valence-electron chi connectivity index (χ3n) is 3.07. The molecule has 0 radical (unpaired) electrons. The molecule has 5 heteroatoms. The number of carbonyl (C=O) groups excluding carboxylic acids is 1. The SMILES string of the molecule is CC(C)(C)C(=O)N1N=C(SCc2ccccc2)SC1(C)C. The van der Waals surface area contributed by atoms with Crippen LogP contribution < -0.4 is 0 Å². The third kappa shape index (κ3) is 4.04. The zero-order valence-electron chi connectivity index (χ0n) is 13.2. The number of nitrogens with zero attached hydrogens (tertiary/aromatic N) is 2. The molecule has 3 nitrogen and oxygen atoms in total. The fraction of sp³-hybridized carbons (Fsp3) is 0.500. The first-order valence-electron chi connectivity index (χ1n) is 6.99. The maximum absolute atomic E-state index is 12.5. The van der Waals surface area contributed by atoms with Gasteiger partial charge in [0.1, 0.15) is 4.87 Å². The first-order valence-corrected chi connectivity index (χ1v) is 8.79. The van der Waals surface area contributed by atoms with Gasteiger partial charge in [-0.15, -0.1) is 0 Å². The van der Waals surface area contributed by atoms with Gasteiger partial charge in [0.15, 0.2) is 4.38 Å². The molecule has 0 fully saturated rings. The van der Waals surface area contributed by atoms with Gasteiger partial charge in [0.2, 0.25) is 5.91 Å². The highest BCUT2D eigenvalue weighted by Gasteiger charge is 2.42. The van der Waals surface area contributed by atoms with Crippen LogP contribution in [0.5, 0.6) is 0 Å². The highest BCUT2D eigenvalue weighted by Crippen LogP contribution is 2.42. The molecule has 0 bridgehead atoms. The number of rotatable bonds is 2. The Kier molecular flexibility index (Phi) is 4.73. The second kappa shape index (κ2) is 6.05. The van der Waals surface area contributed by atoms with Crippen LogP contribution in [0.25, 0.3) is 0 Å². The fourth-order valence-corrected chi connectivity index (χ4v) is 4.27. The molecule has 1 aromatic carbocycles. The van der Waals surface area contributed by atoms with E-state index < -0.39 is 5.41 Å². The molecule has 2 rings (SSSR count). The van der Waals surface area contributed by atoms with Gasteiger partial charge in [0.25, 0.3) is 0 Å². The van der Waals surface area contributed by atoms with E-state index in [4.69, 9.17) is 0 Å². The van der Waals surface area contributed by atoms with Crippen molar-refractivity contribution in [1.29, 1.82) is 0 Å². The summed E-state index contributed by atoms with van der Waals surface area (Å²) in [6.45, 7) is 9.88. The highest BCUT2D eigenvalue weighted by molar-refractivity contribution is 8.39. The summed E-state index contributed by atoms with van der Waals surface area (Å²) < 4.78 is 0.960. The van der Waals surface area contributed by atoms with E-state index in [0.717, 1.165) is 10.1 Å². The summed E-state index contributed by atoms with van der Waals surface area (Å²) in [5.74, 6) is 0.940. The maximum atomic E-state index is 12.5. The Balaban J connectivity index is 2.07. The Labute approximate surface area is 135 Å². The van der Waals surface area contributed by atoms with Gasteiger partial charge in [0.05, 0.1) is 0 Å². The highest BCUT2D eigenvalue weighted by atomic mass is 32.2. The molecule has 1 heterocycles. The number of amides is 1. The van der Waals surface area contributed by atoms with Crippen molar-refractivity contribution in [3.05, 3.63) is 35.9 Å². The van der Waals surface area contributed by atoms with Gasteiger partial charge in [-0.25, -0.2) is 5.01 Å². The lowest BCUT2D eigenvalue weighted by Gasteiger charge is -2.32. The number of carbonyl (C=O) groups is 1. The predicted octanol–water partition coefficient (Wildman–Crippen LogP) is 4.55. The largest absolute Gasteiger partial charge is 0.272 e. The first kappa shape index (κ1) is 16.4. The molecule has 0 unspecified atom stereocenters. The molecule has 0 spiro atoms. The molecule has 1 aromatic rings. The number of hydrogen-bond acceptors (Lipinski definition) is 4. The van der Waals surface area contributed by atoms with E-state index in [1.54, 1.807) is 28.5 Å². The fourth-order valence-electron chi connectivity index (χ4n) is 1.86. The summed E-state index contributed by atoms with van der Waals surface area (Å²) in [6, 6.07) is 10.3. The van der Waals surface area contributed by atoms with Gasteiger partial charge in [-0.3, -0.25) is 4.79 Å². The summed E-state index contributed by atoms with van der Waals surface area (Å²) in [6.07, 6.45) is 0. The van der Waals surface area contributed by atoms with E-state index >= 15 is 0 Å². The zero-order chi connectivity index (χ0) is 15.7. The minimum Gasteiger partial charge on any atom is -0.272 e. The van der Waals surface area contributed by atoms with Crippen LogP contribution in [-0.4, -0.2) is 20.2 Å². The van der Waals surface area contributed by atoms with Gasteiger partial charge in [-0.1, -0.05) is 74.6 Å². The number of thioether (sulfide) groups is 2. The summed E-state index contributed by atoms with van der Waals surface area (Å²) in [4.78, 5) is 12.2. The Morgan fingerprint density at radius 2 is 1.90 bits per heavy atom. The van der Waals surface area contributed by atoms with Crippen LogP contribution in [0.3, 0.4) is 0 Å². The first-order chi connectivity index (χ1) is 9.70. The van der Waals surface area contributed by atoms with E-state index in [-0.39, 0.29) is 10.8 Å². The van der Waals surface area contributed by atoms with Gasteiger partial charge in [-0.2, -0.15) is 5.10 Å². The van der Waals surface area contributed by atoms with Crippen LogP contribution >= 0.6 is 23.5 Å². The molecule has 0 N–H and O–H groups in total. The Morgan fingerprint density at radius 1 is 1.29 bits per heavy atom. The lowest BCUT2D eigenvalue weighted by atomic mass is 9.95. The monoisotopic (exact) mass is 322 g/mol. The average Bonchev–Trinajstić information content (AvgIpc) is 2.70. The van der Waals surface area contributed by atoms with Gasteiger partial charge in [-0.05, 0) is 19.4 Å². The molecule has 1 aliphatic rings. The molecule has 0 atom stereocenters. The molecule has 0 saturated carbocycles. The second-order valence-corrected chi connectivity index (χ2v) is 9.37. The smallest absolute Gasteiger partial charge is 0.249 e. The summed E-state index contributed by atoms with van der Waals surface area (Å²) in [5, 5.41) is 6.19. The van der Waals surface area contributed by atoms with Crippen LogP contribution in [0.15, 0.2) is 35.4 Å². The maximum Gasteiger partial charge on any atom is 0.249 e. The van der Waals surface area contributed by atoms with Crippen molar-refractivity contribution < 1.29 is 4.79 Å². The quantitative estimate of drug-likeness (QED) is 0.801. The topological polar surface area (TPSA) is 32.7 Å². The van der Waals surface area contributed by atoms with E-state index in [2.05, 4.69) is 17.2 Å². The molecule has 1 aliphatic heterocycles. The Bertz CT molecular complexity index is 547. The number of hydrazone groups is 1. The van der Waals surface area contributed by atoms with Crippen molar-refractivity contribution in [3.63, 3.8) is 0 Å². The minimum atomic E-state index is -0.416. The molecule has 21 heavy (non-hydrogen) atoms. The standard InChI is InChI=1S/C16H22N2OS2/c1-15(2,3)13(19)18-16(4,5)21-14(17-18)20-11-12-9-7-6-8-10-12/h6-10H,11H2,1-5H3. The molecule has 0 aliphatic carbocycles. The van der Waals surface area contributed by atoms with Crippen molar-refractivity contribution in [2.45, 2.75) is 45.2 Å². The van der Waals surface area contributed by atoms with Gasteiger partial charge < -0.3 is 0 Å². The average molecular weight is 322 g/mol.